The van der Waals surface area contributed by atoms with Crippen LogP contribution in [0.5, 0.6) is 11.5 Å². The smallest absolute Gasteiger partial charge is 0.234 e. The van der Waals surface area contributed by atoms with Crippen molar-refractivity contribution in [3.05, 3.63) is 24.5 Å². The Labute approximate surface area is 139 Å². The Morgan fingerprint density at radius 2 is 2.13 bits per heavy atom. The van der Waals surface area contributed by atoms with Crippen molar-refractivity contribution in [3.8, 4) is 11.5 Å². The zero-order valence-electron chi connectivity index (χ0n) is 13.6. The largest absolute Gasteiger partial charge is 0.497 e. The molecule has 0 radical (unpaired) electrons. The highest BCUT2D eigenvalue weighted by atomic mass is 32.2. The van der Waals surface area contributed by atoms with Gasteiger partial charge >= 0.3 is 0 Å². The number of anilines is 1. The first-order valence-electron chi connectivity index (χ1n) is 7.09. The van der Waals surface area contributed by atoms with Gasteiger partial charge in [0.05, 0.1) is 25.7 Å². The zero-order valence-corrected chi connectivity index (χ0v) is 14.4. The highest BCUT2D eigenvalue weighted by molar-refractivity contribution is 7.99. The summed E-state index contributed by atoms with van der Waals surface area (Å²) in [5.74, 6) is 1.31. The van der Waals surface area contributed by atoms with Crippen LogP contribution < -0.4 is 14.8 Å². The van der Waals surface area contributed by atoms with Crippen molar-refractivity contribution in [2.75, 3.05) is 25.3 Å². The SMILES string of the molecule is COc1ccc(NC(=O)CSc2nncn2C(C)C)c(OC)c1. The molecule has 0 fully saturated rings. The maximum atomic E-state index is 12.1. The molecule has 23 heavy (non-hydrogen) atoms. The number of amides is 1. The quantitative estimate of drug-likeness (QED) is 0.783. The van der Waals surface area contributed by atoms with Gasteiger partial charge in [0.1, 0.15) is 17.8 Å². The summed E-state index contributed by atoms with van der Waals surface area (Å²) in [7, 11) is 3.12. The molecule has 8 heteroatoms. The van der Waals surface area contributed by atoms with Gasteiger partial charge in [0.2, 0.25) is 5.91 Å². The standard InChI is InChI=1S/C15H20N4O3S/c1-10(2)19-9-16-18-15(19)23-8-14(20)17-12-6-5-11(21-3)7-13(12)22-4/h5-7,9-10H,8H2,1-4H3,(H,17,20). The Kier molecular flexibility index (Phi) is 5.86. The van der Waals surface area contributed by atoms with Gasteiger partial charge in [-0.3, -0.25) is 4.79 Å². The van der Waals surface area contributed by atoms with Gasteiger partial charge in [0, 0.05) is 12.1 Å². The topological polar surface area (TPSA) is 78.3 Å². The molecule has 0 aliphatic carbocycles. The van der Waals surface area contributed by atoms with E-state index in [9.17, 15) is 4.79 Å². The Balaban J connectivity index is 1.98. The summed E-state index contributed by atoms with van der Waals surface area (Å²) >= 11 is 1.34. The van der Waals surface area contributed by atoms with Crippen LogP contribution in [0.3, 0.4) is 0 Å². The molecule has 1 aromatic heterocycles. The number of carbonyl (C=O) groups excluding carboxylic acids is 1. The minimum atomic E-state index is -0.142. The van der Waals surface area contributed by atoms with Crippen LogP contribution in [0.15, 0.2) is 29.7 Å². The van der Waals surface area contributed by atoms with Crippen LogP contribution in [-0.4, -0.2) is 40.6 Å². The predicted molar refractivity (Wildman–Crippen MR) is 89.3 cm³/mol. The third-order valence-electron chi connectivity index (χ3n) is 3.11. The fourth-order valence-corrected chi connectivity index (χ4v) is 2.75. The van der Waals surface area contributed by atoms with E-state index in [1.54, 1.807) is 38.7 Å². The Bertz CT molecular complexity index is 672. The highest BCUT2D eigenvalue weighted by Crippen LogP contribution is 2.29. The number of benzene rings is 1. The van der Waals surface area contributed by atoms with Gasteiger partial charge in [-0.1, -0.05) is 11.8 Å². The molecule has 1 N–H and O–H groups in total. The number of hydrogen-bond donors (Lipinski definition) is 1. The van der Waals surface area contributed by atoms with Crippen LogP contribution in [0, 0.1) is 0 Å². The first-order valence-corrected chi connectivity index (χ1v) is 8.08. The lowest BCUT2D eigenvalue weighted by Crippen LogP contribution is -2.15. The van der Waals surface area contributed by atoms with E-state index in [2.05, 4.69) is 15.5 Å². The Morgan fingerprint density at radius 1 is 1.35 bits per heavy atom. The molecule has 7 nitrogen and oxygen atoms in total. The Morgan fingerprint density at radius 3 is 2.78 bits per heavy atom. The third-order valence-corrected chi connectivity index (χ3v) is 4.07. The molecule has 0 atom stereocenters. The number of hydrogen-bond acceptors (Lipinski definition) is 6. The summed E-state index contributed by atoms with van der Waals surface area (Å²) in [5, 5.41) is 11.5. The minimum absolute atomic E-state index is 0.142. The van der Waals surface area contributed by atoms with E-state index in [1.807, 2.05) is 18.4 Å². The van der Waals surface area contributed by atoms with Gasteiger partial charge in [-0.2, -0.15) is 0 Å². The molecule has 0 saturated heterocycles. The fraction of sp³-hybridized carbons (Fsp3) is 0.400. The minimum Gasteiger partial charge on any atom is -0.497 e. The highest BCUT2D eigenvalue weighted by Gasteiger charge is 2.12. The van der Waals surface area contributed by atoms with Crippen LogP contribution >= 0.6 is 11.8 Å². The van der Waals surface area contributed by atoms with Gasteiger partial charge < -0.3 is 19.4 Å². The van der Waals surface area contributed by atoms with Gasteiger partial charge in [-0.05, 0) is 26.0 Å². The maximum absolute atomic E-state index is 12.1. The second-order valence-electron chi connectivity index (χ2n) is 5.02. The molecule has 2 rings (SSSR count). The summed E-state index contributed by atoms with van der Waals surface area (Å²) in [6, 6.07) is 5.48. The second kappa shape index (κ2) is 7.87. The molecule has 0 aliphatic heterocycles. The van der Waals surface area contributed by atoms with Crippen molar-refractivity contribution < 1.29 is 14.3 Å². The van der Waals surface area contributed by atoms with E-state index >= 15 is 0 Å². The summed E-state index contributed by atoms with van der Waals surface area (Å²) in [6.45, 7) is 4.07. The lowest BCUT2D eigenvalue weighted by molar-refractivity contribution is -0.113. The fourth-order valence-electron chi connectivity index (χ4n) is 1.91. The zero-order chi connectivity index (χ0) is 16.8. The van der Waals surface area contributed by atoms with E-state index in [0.29, 0.717) is 17.2 Å². The molecule has 0 bridgehead atoms. The predicted octanol–water partition coefficient (Wildman–Crippen LogP) is 2.61. The molecule has 1 amide bonds. The maximum Gasteiger partial charge on any atom is 0.234 e. The lowest BCUT2D eigenvalue weighted by atomic mass is 10.2. The van der Waals surface area contributed by atoms with Crippen LogP contribution in [0.25, 0.3) is 0 Å². The molecule has 0 unspecified atom stereocenters. The summed E-state index contributed by atoms with van der Waals surface area (Å²) < 4.78 is 12.3. The van der Waals surface area contributed by atoms with Gasteiger partial charge in [-0.15, -0.1) is 10.2 Å². The third kappa shape index (κ3) is 4.38. The first-order chi connectivity index (χ1) is 11.0. The average Bonchev–Trinajstić information content (AvgIpc) is 3.02. The monoisotopic (exact) mass is 336 g/mol. The van der Waals surface area contributed by atoms with Gasteiger partial charge in [-0.25, -0.2) is 0 Å². The average molecular weight is 336 g/mol. The molecule has 0 spiro atoms. The number of aromatic nitrogens is 3. The molecule has 124 valence electrons. The van der Waals surface area contributed by atoms with Crippen molar-refractivity contribution in [1.82, 2.24) is 14.8 Å². The molecule has 1 aromatic carbocycles. The van der Waals surface area contributed by atoms with Crippen molar-refractivity contribution >= 4 is 23.4 Å². The Hall–Kier alpha value is -2.22. The number of ether oxygens (including phenoxy) is 2. The molecule has 0 saturated carbocycles. The van der Waals surface area contributed by atoms with Crippen LogP contribution in [0.1, 0.15) is 19.9 Å². The number of nitrogens with one attached hydrogen (secondary N) is 1. The summed E-state index contributed by atoms with van der Waals surface area (Å²) in [6.07, 6.45) is 1.66. The number of rotatable bonds is 7. The van der Waals surface area contributed by atoms with E-state index < -0.39 is 0 Å². The van der Waals surface area contributed by atoms with E-state index in [4.69, 9.17) is 9.47 Å². The van der Waals surface area contributed by atoms with Crippen LogP contribution in [-0.2, 0) is 4.79 Å². The first kappa shape index (κ1) is 17.1. The van der Waals surface area contributed by atoms with Gasteiger partial charge in [0.15, 0.2) is 5.16 Å². The summed E-state index contributed by atoms with van der Waals surface area (Å²) in [5.41, 5.74) is 0.601. The number of nitrogens with zero attached hydrogens (tertiary/aromatic N) is 3. The van der Waals surface area contributed by atoms with E-state index in [-0.39, 0.29) is 17.7 Å². The number of carbonyl (C=O) groups is 1. The molecular weight excluding hydrogens is 316 g/mol. The molecular formula is C15H20N4O3S. The molecule has 0 aliphatic rings. The van der Waals surface area contributed by atoms with Crippen molar-refractivity contribution in [2.45, 2.75) is 25.0 Å². The van der Waals surface area contributed by atoms with Crippen molar-refractivity contribution in [2.24, 2.45) is 0 Å². The van der Waals surface area contributed by atoms with E-state index in [0.717, 1.165) is 5.16 Å². The lowest BCUT2D eigenvalue weighted by Gasteiger charge is -2.12. The second-order valence-corrected chi connectivity index (χ2v) is 5.96. The molecule has 2 aromatic rings. The van der Waals surface area contributed by atoms with Gasteiger partial charge in [0.25, 0.3) is 0 Å². The van der Waals surface area contributed by atoms with Crippen molar-refractivity contribution in [1.29, 1.82) is 0 Å². The van der Waals surface area contributed by atoms with Crippen molar-refractivity contribution in [3.63, 3.8) is 0 Å². The summed E-state index contributed by atoms with van der Waals surface area (Å²) in [4.78, 5) is 12.1. The number of methoxy groups -OCH3 is 2. The van der Waals surface area contributed by atoms with Crippen LogP contribution in [0.2, 0.25) is 0 Å². The van der Waals surface area contributed by atoms with Crippen LogP contribution in [0.4, 0.5) is 5.69 Å². The normalized spacial score (nSPS) is 10.7. The number of thioether (sulfide) groups is 1. The molecule has 1 heterocycles. The van der Waals surface area contributed by atoms with E-state index in [1.165, 1.54) is 11.8 Å².